The predicted molar refractivity (Wildman–Crippen MR) is 81.6 cm³/mol. The highest BCUT2D eigenvalue weighted by Crippen LogP contribution is 2.39. The molecule has 0 aliphatic carbocycles. The Labute approximate surface area is 124 Å². The van der Waals surface area contributed by atoms with Crippen LogP contribution < -0.4 is 0 Å². The van der Waals surface area contributed by atoms with Crippen molar-refractivity contribution < 1.29 is 14.6 Å². The molecule has 21 heavy (non-hydrogen) atoms. The van der Waals surface area contributed by atoms with Gasteiger partial charge >= 0.3 is 5.97 Å². The number of rotatable bonds is 1. The van der Waals surface area contributed by atoms with Crippen molar-refractivity contribution in [2.45, 2.75) is 33.3 Å². The Balaban J connectivity index is 2.21. The summed E-state index contributed by atoms with van der Waals surface area (Å²) in [6.45, 7) is 5.85. The number of carbonyl (C=O) groups is 1. The molecule has 0 spiro atoms. The minimum atomic E-state index is -0.432. The SMILES string of the molecule is Cc1ccc(-c2cc(C)c3c(c2O)C(=O)O[C@H](C)C3)cc1. The lowest BCUT2D eigenvalue weighted by Crippen LogP contribution is -2.26. The molecule has 3 heteroatoms. The molecule has 108 valence electrons. The molecule has 0 saturated carbocycles. The van der Waals surface area contributed by atoms with Crippen molar-refractivity contribution in [3.8, 4) is 16.9 Å². The van der Waals surface area contributed by atoms with Gasteiger partial charge in [-0.3, -0.25) is 0 Å². The van der Waals surface area contributed by atoms with Crippen LogP contribution in [0.5, 0.6) is 5.75 Å². The quantitative estimate of drug-likeness (QED) is 0.810. The molecule has 0 saturated heterocycles. The van der Waals surface area contributed by atoms with Crippen LogP contribution in [0.4, 0.5) is 0 Å². The van der Waals surface area contributed by atoms with Crippen LogP contribution in [-0.2, 0) is 11.2 Å². The summed E-state index contributed by atoms with van der Waals surface area (Å²) in [4.78, 5) is 12.1. The Morgan fingerprint density at radius 2 is 1.86 bits per heavy atom. The van der Waals surface area contributed by atoms with Gasteiger partial charge in [0, 0.05) is 12.0 Å². The number of cyclic esters (lactones) is 1. The lowest BCUT2D eigenvalue weighted by Gasteiger charge is -2.25. The van der Waals surface area contributed by atoms with E-state index < -0.39 is 5.97 Å². The molecule has 0 aromatic heterocycles. The van der Waals surface area contributed by atoms with Gasteiger partial charge in [0.25, 0.3) is 0 Å². The predicted octanol–water partition coefficient (Wildman–Crippen LogP) is 3.78. The van der Waals surface area contributed by atoms with Crippen molar-refractivity contribution in [1.82, 2.24) is 0 Å². The third kappa shape index (κ3) is 2.29. The van der Waals surface area contributed by atoms with E-state index in [-0.39, 0.29) is 11.9 Å². The van der Waals surface area contributed by atoms with Crippen LogP contribution in [0, 0.1) is 13.8 Å². The number of benzene rings is 2. The molecule has 2 aromatic rings. The third-order valence-electron chi connectivity index (χ3n) is 4.00. The Bertz CT molecular complexity index is 714. The van der Waals surface area contributed by atoms with E-state index in [0.717, 1.165) is 22.3 Å². The van der Waals surface area contributed by atoms with Crippen molar-refractivity contribution in [2.24, 2.45) is 0 Å². The van der Waals surface area contributed by atoms with Crippen molar-refractivity contribution in [2.75, 3.05) is 0 Å². The zero-order valence-corrected chi connectivity index (χ0v) is 12.4. The van der Waals surface area contributed by atoms with E-state index in [9.17, 15) is 9.90 Å². The molecule has 3 nitrogen and oxygen atoms in total. The number of hydrogen-bond acceptors (Lipinski definition) is 3. The summed E-state index contributed by atoms with van der Waals surface area (Å²) in [7, 11) is 0. The molecule has 1 N–H and O–H groups in total. The summed E-state index contributed by atoms with van der Waals surface area (Å²) in [6.07, 6.45) is 0.502. The van der Waals surface area contributed by atoms with E-state index in [2.05, 4.69) is 0 Å². The second-order valence-electron chi connectivity index (χ2n) is 5.73. The van der Waals surface area contributed by atoms with Gasteiger partial charge in [0.05, 0.1) is 0 Å². The van der Waals surface area contributed by atoms with Gasteiger partial charge in [-0.2, -0.15) is 0 Å². The molecular formula is C18H18O3. The summed E-state index contributed by atoms with van der Waals surface area (Å²) in [5.41, 5.74) is 4.96. The highest BCUT2D eigenvalue weighted by molar-refractivity contribution is 5.98. The number of hydrogen-bond donors (Lipinski definition) is 1. The number of esters is 1. The van der Waals surface area contributed by atoms with Crippen LogP contribution in [0.2, 0.25) is 0 Å². The van der Waals surface area contributed by atoms with Gasteiger partial charge < -0.3 is 9.84 Å². The highest BCUT2D eigenvalue weighted by Gasteiger charge is 2.30. The van der Waals surface area contributed by atoms with Crippen molar-refractivity contribution in [1.29, 1.82) is 0 Å². The number of ether oxygens (including phenoxy) is 1. The minimum absolute atomic E-state index is 0.0244. The van der Waals surface area contributed by atoms with Gasteiger partial charge in [-0.05, 0) is 43.5 Å². The largest absolute Gasteiger partial charge is 0.506 e. The third-order valence-corrected chi connectivity index (χ3v) is 4.00. The van der Waals surface area contributed by atoms with E-state index in [4.69, 9.17) is 4.74 Å². The Morgan fingerprint density at radius 3 is 2.52 bits per heavy atom. The highest BCUT2D eigenvalue weighted by atomic mass is 16.5. The molecule has 0 unspecified atom stereocenters. The van der Waals surface area contributed by atoms with Crippen LogP contribution in [-0.4, -0.2) is 17.2 Å². The molecule has 1 atom stereocenters. The number of phenolic OH excluding ortho intramolecular Hbond substituents is 1. The van der Waals surface area contributed by atoms with Crippen LogP contribution in [0.15, 0.2) is 30.3 Å². The number of aromatic hydroxyl groups is 1. The van der Waals surface area contributed by atoms with Gasteiger partial charge in [0.1, 0.15) is 17.4 Å². The van der Waals surface area contributed by atoms with Gasteiger partial charge in [-0.15, -0.1) is 0 Å². The van der Waals surface area contributed by atoms with Gasteiger partial charge in [0.15, 0.2) is 0 Å². The van der Waals surface area contributed by atoms with Crippen LogP contribution in [0.25, 0.3) is 11.1 Å². The van der Waals surface area contributed by atoms with Crippen LogP contribution >= 0.6 is 0 Å². The maximum atomic E-state index is 12.1. The van der Waals surface area contributed by atoms with E-state index in [0.29, 0.717) is 17.5 Å². The van der Waals surface area contributed by atoms with E-state index in [1.807, 2.05) is 51.1 Å². The zero-order valence-electron chi connectivity index (χ0n) is 12.4. The maximum Gasteiger partial charge on any atom is 0.342 e. The first-order valence-electron chi connectivity index (χ1n) is 7.11. The normalized spacial score (nSPS) is 17.3. The second-order valence-corrected chi connectivity index (χ2v) is 5.73. The van der Waals surface area contributed by atoms with Crippen LogP contribution in [0.1, 0.15) is 34.0 Å². The first-order valence-corrected chi connectivity index (χ1v) is 7.11. The summed E-state index contributed by atoms with van der Waals surface area (Å²) in [5.74, 6) is -0.408. The Kier molecular flexibility index (Phi) is 3.20. The van der Waals surface area contributed by atoms with Crippen molar-refractivity contribution in [3.05, 3.63) is 52.6 Å². The molecule has 1 aliphatic heterocycles. The first kappa shape index (κ1) is 13.7. The average Bonchev–Trinajstić information content (AvgIpc) is 2.43. The number of aryl methyl sites for hydroxylation is 2. The standard InChI is InChI=1S/C18H18O3/c1-10-4-6-13(7-5-10)15-8-11(2)14-9-12(3)21-18(20)16(14)17(15)19/h4-8,12,19H,9H2,1-3H3/t12-/m1/s1. The molecule has 3 rings (SSSR count). The maximum absolute atomic E-state index is 12.1. The molecule has 0 fully saturated rings. The fourth-order valence-corrected chi connectivity index (χ4v) is 2.85. The molecule has 0 bridgehead atoms. The van der Waals surface area contributed by atoms with E-state index in [1.165, 1.54) is 0 Å². The van der Waals surface area contributed by atoms with Crippen molar-refractivity contribution >= 4 is 5.97 Å². The van der Waals surface area contributed by atoms with E-state index in [1.54, 1.807) is 0 Å². The van der Waals surface area contributed by atoms with Crippen LogP contribution in [0.3, 0.4) is 0 Å². The van der Waals surface area contributed by atoms with E-state index >= 15 is 0 Å². The molecule has 0 amide bonds. The zero-order chi connectivity index (χ0) is 15.1. The summed E-state index contributed by atoms with van der Waals surface area (Å²) in [6, 6.07) is 9.83. The minimum Gasteiger partial charge on any atom is -0.506 e. The fourth-order valence-electron chi connectivity index (χ4n) is 2.85. The van der Waals surface area contributed by atoms with Gasteiger partial charge in [-0.25, -0.2) is 4.79 Å². The summed E-state index contributed by atoms with van der Waals surface area (Å²) in [5, 5.41) is 10.5. The van der Waals surface area contributed by atoms with Crippen molar-refractivity contribution in [3.63, 3.8) is 0 Å². The summed E-state index contributed by atoms with van der Waals surface area (Å²) >= 11 is 0. The monoisotopic (exact) mass is 282 g/mol. The second kappa shape index (κ2) is 4.92. The topological polar surface area (TPSA) is 46.5 Å². The average molecular weight is 282 g/mol. The number of phenols is 1. The molecule has 0 radical (unpaired) electrons. The fraction of sp³-hybridized carbons (Fsp3) is 0.278. The molecule has 1 heterocycles. The number of fused-ring (bicyclic) bond motifs is 1. The lowest BCUT2D eigenvalue weighted by molar-refractivity contribution is 0.0296. The first-order chi connectivity index (χ1) is 9.97. The Morgan fingerprint density at radius 1 is 1.19 bits per heavy atom. The molecule has 2 aromatic carbocycles. The number of carbonyl (C=O) groups excluding carboxylic acids is 1. The van der Waals surface area contributed by atoms with Gasteiger partial charge in [0.2, 0.25) is 0 Å². The summed E-state index contributed by atoms with van der Waals surface area (Å²) < 4.78 is 5.26. The molecule has 1 aliphatic rings. The lowest BCUT2D eigenvalue weighted by atomic mass is 9.89. The van der Waals surface area contributed by atoms with Gasteiger partial charge in [-0.1, -0.05) is 29.8 Å². The molecular weight excluding hydrogens is 264 g/mol. The Hall–Kier alpha value is -2.29. The smallest absolute Gasteiger partial charge is 0.342 e.